The van der Waals surface area contributed by atoms with Gasteiger partial charge in [0, 0.05) is 34.8 Å². The molecule has 0 saturated heterocycles. The molecule has 0 amide bonds. The van der Waals surface area contributed by atoms with E-state index in [0.29, 0.717) is 6.54 Å². The first-order valence-electron chi connectivity index (χ1n) is 5.72. The quantitative estimate of drug-likeness (QED) is 0.943. The van der Waals surface area contributed by atoms with Crippen molar-refractivity contribution in [3.8, 4) is 16.9 Å². The summed E-state index contributed by atoms with van der Waals surface area (Å²) >= 11 is 3.49. The first kappa shape index (κ1) is 13.1. The molecule has 0 aliphatic rings. The number of ether oxygens (including phenoxy) is 1. The summed E-state index contributed by atoms with van der Waals surface area (Å²) in [6, 6.07) is 5.94. The Balaban J connectivity index is 2.57. The molecule has 1 heterocycles. The maximum absolute atomic E-state index is 5.65. The van der Waals surface area contributed by atoms with Gasteiger partial charge in [0.2, 0.25) is 0 Å². The molecule has 2 N–H and O–H groups in total. The SMILES string of the molecule is COc1ccc(Br)cc1-c1cnn(C)c1CCN. The summed E-state index contributed by atoms with van der Waals surface area (Å²) in [6.45, 7) is 0.600. The fourth-order valence-corrected chi connectivity index (χ4v) is 2.37. The van der Waals surface area contributed by atoms with E-state index in [4.69, 9.17) is 10.5 Å². The standard InChI is InChI=1S/C13H16BrN3O/c1-17-12(5-6-15)11(8-16-17)10-7-9(14)3-4-13(10)18-2/h3-4,7-8H,5-6,15H2,1-2H3. The number of hydrogen-bond donors (Lipinski definition) is 1. The molecule has 4 nitrogen and oxygen atoms in total. The van der Waals surface area contributed by atoms with Gasteiger partial charge in [-0.05, 0) is 24.7 Å². The highest BCUT2D eigenvalue weighted by Crippen LogP contribution is 2.34. The number of rotatable bonds is 4. The molecule has 0 atom stereocenters. The highest BCUT2D eigenvalue weighted by atomic mass is 79.9. The lowest BCUT2D eigenvalue weighted by Crippen LogP contribution is -2.08. The number of nitrogens with zero attached hydrogens (tertiary/aromatic N) is 2. The van der Waals surface area contributed by atoms with Crippen LogP contribution in [0.1, 0.15) is 5.69 Å². The molecule has 96 valence electrons. The number of methoxy groups -OCH3 is 1. The van der Waals surface area contributed by atoms with Crippen molar-refractivity contribution in [2.45, 2.75) is 6.42 Å². The van der Waals surface area contributed by atoms with Crippen LogP contribution in [0.2, 0.25) is 0 Å². The number of aryl methyl sites for hydroxylation is 1. The molecule has 2 aromatic rings. The van der Waals surface area contributed by atoms with Crippen molar-refractivity contribution in [3.63, 3.8) is 0 Å². The highest BCUT2D eigenvalue weighted by molar-refractivity contribution is 9.10. The zero-order valence-corrected chi connectivity index (χ0v) is 12.1. The van der Waals surface area contributed by atoms with Crippen molar-refractivity contribution in [1.82, 2.24) is 9.78 Å². The minimum atomic E-state index is 0.600. The van der Waals surface area contributed by atoms with Crippen molar-refractivity contribution < 1.29 is 4.74 Å². The fraction of sp³-hybridized carbons (Fsp3) is 0.308. The van der Waals surface area contributed by atoms with Crippen molar-refractivity contribution in [1.29, 1.82) is 0 Å². The number of hydrogen-bond acceptors (Lipinski definition) is 3. The zero-order valence-electron chi connectivity index (χ0n) is 10.5. The fourth-order valence-electron chi connectivity index (χ4n) is 2.01. The lowest BCUT2D eigenvalue weighted by Gasteiger charge is -2.10. The van der Waals surface area contributed by atoms with Gasteiger partial charge in [0.1, 0.15) is 5.75 Å². The molecular weight excluding hydrogens is 294 g/mol. The second-order valence-corrected chi connectivity index (χ2v) is 4.93. The van der Waals surface area contributed by atoms with Crippen molar-refractivity contribution in [3.05, 3.63) is 34.6 Å². The van der Waals surface area contributed by atoms with Gasteiger partial charge >= 0.3 is 0 Å². The van der Waals surface area contributed by atoms with Gasteiger partial charge in [0.15, 0.2) is 0 Å². The molecule has 1 aromatic carbocycles. The van der Waals surface area contributed by atoms with Crippen LogP contribution in [-0.2, 0) is 13.5 Å². The summed E-state index contributed by atoms with van der Waals surface area (Å²) < 4.78 is 8.29. The van der Waals surface area contributed by atoms with Crippen LogP contribution in [-0.4, -0.2) is 23.4 Å². The molecule has 2 rings (SSSR count). The summed E-state index contributed by atoms with van der Waals surface area (Å²) in [6.07, 6.45) is 2.65. The zero-order chi connectivity index (χ0) is 13.1. The first-order valence-corrected chi connectivity index (χ1v) is 6.51. The molecule has 0 fully saturated rings. The smallest absolute Gasteiger partial charge is 0.126 e. The Morgan fingerprint density at radius 1 is 1.39 bits per heavy atom. The van der Waals surface area contributed by atoms with E-state index in [2.05, 4.69) is 21.0 Å². The summed E-state index contributed by atoms with van der Waals surface area (Å²) in [5.74, 6) is 0.837. The molecule has 5 heteroatoms. The van der Waals surface area contributed by atoms with Gasteiger partial charge in [-0.2, -0.15) is 5.10 Å². The Kier molecular flexibility index (Phi) is 4.04. The van der Waals surface area contributed by atoms with Crippen LogP contribution >= 0.6 is 15.9 Å². The van der Waals surface area contributed by atoms with Crippen LogP contribution in [0.15, 0.2) is 28.9 Å². The number of halogens is 1. The maximum atomic E-state index is 5.65. The third kappa shape index (κ3) is 2.42. The van der Waals surface area contributed by atoms with Gasteiger partial charge in [0.25, 0.3) is 0 Å². The van der Waals surface area contributed by atoms with E-state index in [0.717, 1.165) is 33.5 Å². The summed E-state index contributed by atoms with van der Waals surface area (Å²) in [5.41, 5.74) is 8.88. The van der Waals surface area contributed by atoms with E-state index in [9.17, 15) is 0 Å². The average Bonchev–Trinajstić information content (AvgIpc) is 2.72. The van der Waals surface area contributed by atoms with Gasteiger partial charge < -0.3 is 10.5 Å². The number of aromatic nitrogens is 2. The Morgan fingerprint density at radius 2 is 2.17 bits per heavy atom. The Hall–Kier alpha value is -1.33. The summed E-state index contributed by atoms with van der Waals surface area (Å²) in [7, 11) is 3.60. The van der Waals surface area contributed by atoms with Gasteiger partial charge in [-0.1, -0.05) is 15.9 Å². The minimum absolute atomic E-state index is 0.600. The van der Waals surface area contributed by atoms with E-state index >= 15 is 0 Å². The van der Waals surface area contributed by atoms with Crippen molar-refractivity contribution in [2.24, 2.45) is 12.8 Å². The second kappa shape index (κ2) is 5.54. The van der Waals surface area contributed by atoms with E-state index in [1.807, 2.05) is 36.1 Å². The molecule has 18 heavy (non-hydrogen) atoms. The maximum Gasteiger partial charge on any atom is 0.126 e. The number of benzene rings is 1. The Morgan fingerprint density at radius 3 is 2.83 bits per heavy atom. The molecule has 0 aliphatic heterocycles. The van der Waals surface area contributed by atoms with Crippen LogP contribution in [0.25, 0.3) is 11.1 Å². The molecule has 0 spiro atoms. The summed E-state index contributed by atoms with van der Waals surface area (Å²) in [5, 5.41) is 4.31. The van der Waals surface area contributed by atoms with Gasteiger partial charge in [-0.3, -0.25) is 4.68 Å². The third-order valence-electron chi connectivity index (χ3n) is 2.89. The van der Waals surface area contributed by atoms with E-state index in [-0.39, 0.29) is 0 Å². The van der Waals surface area contributed by atoms with Crippen molar-refractivity contribution in [2.75, 3.05) is 13.7 Å². The average molecular weight is 310 g/mol. The van der Waals surface area contributed by atoms with E-state index in [1.54, 1.807) is 7.11 Å². The Bertz CT molecular complexity index is 551. The monoisotopic (exact) mass is 309 g/mol. The normalized spacial score (nSPS) is 10.7. The summed E-state index contributed by atoms with van der Waals surface area (Å²) in [4.78, 5) is 0. The van der Waals surface area contributed by atoms with Gasteiger partial charge in [-0.25, -0.2) is 0 Å². The van der Waals surface area contributed by atoms with Gasteiger partial charge in [0.05, 0.1) is 13.3 Å². The highest BCUT2D eigenvalue weighted by Gasteiger charge is 2.14. The van der Waals surface area contributed by atoms with E-state index < -0.39 is 0 Å². The Labute approximate surface area is 115 Å². The lowest BCUT2D eigenvalue weighted by atomic mass is 10.0. The predicted molar refractivity (Wildman–Crippen MR) is 75.7 cm³/mol. The molecule has 0 unspecified atom stereocenters. The molecule has 0 radical (unpaired) electrons. The third-order valence-corrected chi connectivity index (χ3v) is 3.39. The van der Waals surface area contributed by atoms with Crippen LogP contribution in [0, 0.1) is 0 Å². The molecule has 0 saturated carbocycles. The molecule has 0 aliphatic carbocycles. The van der Waals surface area contributed by atoms with Crippen LogP contribution in [0.5, 0.6) is 5.75 Å². The molecule has 1 aromatic heterocycles. The van der Waals surface area contributed by atoms with Gasteiger partial charge in [-0.15, -0.1) is 0 Å². The number of nitrogens with two attached hydrogens (primary N) is 1. The predicted octanol–water partition coefficient (Wildman–Crippen LogP) is 2.36. The topological polar surface area (TPSA) is 53.1 Å². The molecule has 0 bridgehead atoms. The second-order valence-electron chi connectivity index (χ2n) is 4.01. The molecular formula is C13H16BrN3O. The minimum Gasteiger partial charge on any atom is -0.496 e. The largest absolute Gasteiger partial charge is 0.496 e. The van der Waals surface area contributed by atoms with Crippen LogP contribution in [0.3, 0.4) is 0 Å². The van der Waals surface area contributed by atoms with Crippen LogP contribution in [0.4, 0.5) is 0 Å². The first-order chi connectivity index (χ1) is 8.67. The van der Waals surface area contributed by atoms with Crippen molar-refractivity contribution >= 4 is 15.9 Å². The van der Waals surface area contributed by atoms with Crippen LogP contribution < -0.4 is 10.5 Å². The van der Waals surface area contributed by atoms with E-state index in [1.165, 1.54) is 0 Å². The lowest BCUT2D eigenvalue weighted by molar-refractivity contribution is 0.416.